The van der Waals surface area contributed by atoms with Gasteiger partial charge in [0.05, 0.1) is 5.69 Å². The summed E-state index contributed by atoms with van der Waals surface area (Å²) in [6.07, 6.45) is 4.95. The van der Waals surface area contributed by atoms with Crippen molar-refractivity contribution >= 4 is 5.82 Å². The number of pyridine rings is 1. The predicted molar refractivity (Wildman–Crippen MR) is 103 cm³/mol. The Kier molecular flexibility index (Phi) is 4.57. The van der Waals surface area contributed by atoms with Crippen LogP contribution in [0.25, 0.3) is 17.2 Å². The van der Waals surface area contributed by atoms with Gasteiger partial charge in [-0.3, -0.25) is 4.98 Å². The molecule has 0 radical (unpaired) electrons. The fraction of sp³-hybridized carbons (Fsp3) is 0.150. The van der Waals surface area contributed by atoms with Crippen LogP contribution in [0.2, 0.25) is 0 Å². The van der Waals surface area contributed by atoms with E-state index in [2.05, 4.69) is 42.5 Å². The summed E-state index contributed by atoms with van der Waals surface area (Å²) in [5.74, 6) is 1.45. The van der Waals surface area contributed by atoms with Crippen LogP contribution in [-0.4, -0.2) is 29.7 Å². The van der Waals surface area contributed by atoms with Crippen molar-refractivity contribution in [2.24, 2.45) is 0 Å². The molecule has 0 aliphatic rings. The van der Waals surface area contributed by atoms with Crippen molar-refractivity contribution in [2.45, 2.75) is 20.4 Å². The number of nitrogens with zero attached hydrogens (tertiary/aromatic N) is 6. The molecule has 0 amide bonds. The molecule has 7 nitrogen and oxygen atoms in total. The van der Waals surface area contributed by atoms with Gasteiger partial charge in [-0.15, -0.1) is 0 Å². The van der Waals surface area contributed by atoms with Gasteiger partial charge in [-0.2, -0.15) is 5.10 Å². The lowest BCUT2D eigenvalue weighted by molar-refractivity contribution is 0.877. The molecule has 4 aromatic rings. The molecule has 0 fully saturated rings. The third-order valence-corrected chi connectivity index (χ3v) is 4.36. The quantitative estimate of drug-likeness (QED) is 0.590. The molecule has 0 saturated heterocycles. The Labute approximate surface area is 157 Å². The van der Waals surface area contributed by atoms with Crippen molar-refractivity contribution in [1.82, 2.24) is 29.7 Å². The number of aromatic nitrogens is 6. The van der Waals surface area contributed by atoms with Crippen LogP contribution in [0.4, 0.5) is 5.82 Å². The molecular weight excluding hydrogens is 338 g/mol. The monoisotopic (exact) mass is 357 g/mol. The molecule has 4 rings (SSSR count). The molecule has 7 heteroatoms. The Bertz CT molecular complexity index is 1030. The molecule has 1 aromatic carbocycles. The lowest BCUT2D eigenvalue weighted by Gasteiger charge is -2.12. The zero-order valence-corrected chi connectivity index (χ0v) is 15.2. The number of aryl methyl sites for hydroxylation is 1. The molecule has 134 valence electrons. The van der Waals surface area contributed by atoms with Gasteiger partial charge in [-0.25, -0.2) is 19.6 Å². The molecule has 0 aliphatic heterocycles. The van der Waals surface area contributed by atoms with E-state index in [1.807, 2.05) is 44.2 Å². The molecule has 0 spiro atoms. The molecule has 3 aromatic heterocycles. The maximum absolute atomic E-state index is 4.67. The van der Waals surface area contributed by atoms with Gasteiger partial charge < -0.3 is 5.32 Å². The average molecular weight is 357 g/mol. The number of hydrogen-bond donors (Lipinski definition) is 1. The van der Waals surface area contributed by atoms with Crippen LogP contribution in [0.15, 0.2) is 61.3 Å². The number of rotatable bonds is 5. The molecule has 0 saturated carbocycles. The zero-order chi connectivity index (χ0) is 18.6. The van der Waals surface area contributed by atoms with Gasteiger partial charge >= 0.3 is 0 Å². The number of benzene rings is 1. The van der Waals surface area contributed by atoms with Crippen LogP contribution in [0.1, 0.15) is 16.8 Å². The van der Waals surface area contributed by atoms with Crippen molar-refractivity contribution in [1.29, 1.82) is 0 Å². The molecule has 0 atom stereocenters. The first-order valence-corrected chi connectivity index (χ1v) is 8.65. The highest BCUT2D eigenvalue weighted by molar-refractivity contribution is 5.56. The molecule has 1 N–H and O–H groups in total. The zero-order valence-electron chi connectivity index (χ0n) is 15.2. The Morgan fingerprint density at radius 2 is 1.85 bits per heavy atom. The SMILES string of the molecule is Cc1nc(-c2ccccn2)nc(NCc2ccc(-n3cncn3)cc2)c1C. The lowest BCUT2D eigenvalue weighted by Crippen LogP contribution is -2.07. The van der Waals surface area contributed by atoms with Crippen LogP contribution in [-0.2, 0) is 6.54 Å². The van der Waals surface area contributed by atoms with Crippen molar-refractivity contribution in [3.05, 3.63) is 78.1 Å². The third kappa shape index (κ3) is 3.67. The van der Waals surface area contributed by atoms with Crippen LogP contribution >= 0.6 is 0 Å². The van der Waals surface area contributed by atoms with E-state index in [0.717, 1.165) is 34.0 Å². The van der Waals surface area contributed by atoms with E-state index >= 15 is 0 Å². The second-order valence-corrected chi connectivity index (χ2v) is 6.18. The van der Waals surface area contributed by atoms with Crippen LogP contribution < -0.4 is 5.32 Å². The van der Waals surface area contributed by atoms with Crippen molar-refractivity contribution in [3.63, 3.8) is 0 Å². The number of anilines is 1. The first-order chi connectivity index (χ1) is 13.2. The van der Waals surface area contributed by atoms with E-state index in [1.165, 1.54) is 6.33 Å². The van der Waals surface area contributed by atoms with E-state index in [0.29, 0.717) is 12.4 Å². The average Bonchev–Trinajstić information content (AvgIpc) is 3.25. The van der Waals surface area contributed by atoms with Gasteiger partial charge in [0.2, 0.25) is 0 Å². The second-order valence-electron chi connectivity index (χ2n) is 6.18. The second kappa shape index (κ2) is 7.33. The van der Waals surface area contributed by atoms with Crippen molar-refractivity contribution in [2.75, 3.05) is 5.32 Å². The van der Waals surface area contributed by atoms with Crippen molar-refractivity contribution in [3.8, 4) is 17.2 Å². The molecule has 0 unspecified atom stereocenters. The summed E-state index contributed by atoms with van der Waals surface area (Å²) < 4.78 is 1.73. The van der Waals surface area contributed by atoms with E-state index in [-0.39, 0.29) is 0 Å². The van der Waals surface area contributed by atoms with E-state index < -0.39 is 0 Å². The maximum Gasteiger partial charge on any atom is 0.180 e. The maximum atomic E-state index is 4.67. The highest BCUT2D eigenvalue weighted by atomic mass is 15.3. The smallest absolute Gasteiger partial charge is 0.180 e. The molecule has 3 heterocycles. The topological polar surface area (TPSA) is 81.4 Å². The predicted octanol–water partition coefficient (Wildman–Crippen LogP) is 3.35. The fourth-order valence-electron chi connectivity index (χ4n) is 2.70. The van der Waals surface area contributed by atoms with Gasteiger partial charge in [0.25, 0.3) is 0 Å². The first-order valence-electron chi connectivity index (χ1n) is 8.65. The highest BCUT2D eigenvalue weighted by Crippen LogP contribution is 2.21. The van der Waals surface area contributed by atoms with Gasteiger partial charge in [-0.05, 0) is 43.7 Å². The van der Waals surface area contributed by atoms with Crippen LogP contribution in [0.3, 0.4) is 0 Å². The summed E-state index contributed by atoms with van der Waals surface area (Å²) in [6.45, 7) is 4.67. The summed E-state index contributed by atoms with van der Waals surface area (Å²) in [4.78, 5) is 17.6. The summed E-state index contributed by atoms with van der Waals surface area (Å²) in [7, 11) is 0. The summed E-state index contributed by atoms with van der Waals surface area (Å²) in [6, 6.07) is 13.9. The minimum Gasteiger partial charge on any atom is -0.366 e. The number of nitrogens with one attached hydrogen (secondary N) is 1. The van der Waals surface area contributed by atoms with Gasteiger partial charge in [0, 0.05) is 24.0 Å². The Hall–Kier alpha value is -3.61. The largest absolute Gasteiger partial charge is 0.366 e. The van der Waals surface area contributed by atoms with Crippen molar-refractivity contribution < 1.29 is 0 Å². The van der Waals surface area contributed by atoms with Gasteiger partial charge in [0.15, 0.2) is 5.82 Å². The third-order valence-electron chi connectivity index (χ3n) is 4.36. The van der Waals surface area contributed by atoms with E-state index in [4.69, 9.17) is 0 Å². The van der Waals surface area contributed by atoms with Gasteiger partial charge in [-0.1, -0.05) is 18.2 Å². The van der Waals surface area contributed by atoms with E-state index in [9.17, 15) is 0 Å². The van der Waals surface area contributed by atoms with E-state index in [1.54, 1.807) is 17.2 Å². The molecule has 0 aliphatic carbocycles. The summed E-state index contributed by atoms with van der Waals surface area (Å²) in [5, 5.41) is 7.56. The Morgan fingerprint density at radius 3 is 2.56 bits per heavy atom. The number of hydrogen-bond acceptors (Lipinski definition) is 6. The molecular formula is C20H19N7. The summed E-state index contributed by atoms with van der Waals surface area (Å²) >= 11 is 0. The Balaban J connectivity index is 1.53. The Morgan fingerprint density at radius 1 is 1.00 bits per heavy atom. The first kappa shape index (κ1) is 16.8. The normalized spacial score (nSPS) is 10.7. The fourth-order valence-corrected chi connectivity index (χ4v) is 2.70. The van der Waals surface area contributed by atoms with Crippen LogP contribution in [0.5, 0.6) is 0 Å². The molecule has 0 bridgehead atoms. The standard InChI is InChI=1S/C20H19N7/c1-14-15(2)25-20(18-5-3-4-10-22-18)26-19(14)23-11-16-6-8-17(9-7-16)27-13-21-12-24-27/h3-10,12-13H,11H2,1-2H3,(H,23,25,26). The lowest BCUT2D eigenvalue weighted by atomic mass is 10.2. The minimum absolute atomic E-state index is 0.628. The molecule has 27 heavy (non-hydrogen) atoms. The highest BCUT2D eigenvalue weighted by Gasteiger charge is 2.10. The minimum atomic E-state index is 0.628. The van der Waals surface area contributed by atoms with Gasteiger partial charge in [0.1, 0.15) is 24.2 Å². The summed E-state index contributed by atoms with van der Waals surface area (Å²) in [5.41, 5.74) is 4.86. The van der Waals surface area contributed by atoms with Crippen LogP contribution in [0, 0.1) is 13.8 Å².